The van der Waals surface area contributed by atoms with Crippen molar-refractivity contribution in [2.24, 2.45) is 0 Å². The van der Waals surface area contributed by atoms with Crippen molar-refractivity contribution in [3.8, 4) is 11.9 Å². The normalized spacial score (nSPS) is 8.92. The van der Waals surface area contributed by atoms with Gasteiger partial charge in [0.2, 0.25) is 5.82 Å². The molecule has 0 amide bonds. The second-order valence-corrected chi connectivity index (χ2v) is 4.99. The van der Waals surface area contributed by atoms with Gasteiger partial charge in [-0.2, -0.15) is 14.6 Å². The number of aromatic nitrogens is 2. The van der Waals surface area contributed by atoms with Crippen molar-refractivity contribution in [2.75, 3.05) is 12.4 Å². The van der Waals surface area contributed by atoms with Gasteiger partial charge in [0.05, 0.1) is 18.4 Å². The van der Waals surface area contributed by atoms with Gasteiger partial charge in [0.25, 0.3) is 5.88 Å². The van der Waals surface area contributed by atoms with Crippen LogP contribution in [0.4, 0.5) is 15.9 Å². The Kier molecular flexibility index (Phi) is 10.9. The summed E-state index contributed by atoms with van der Waals surface area (Å²) in [5.41, 5.74) is 1.35. The van der Waals surface area contributed by atoms with Crippen LogP contribution in [0.15, 0.2) is 18.5 Å². The lowest BCUT2D eigenvalue weighted by Gasteiger charge is -2.11. The summed E-state index contributed by atoms with van der Waals surface area (Å²) in [5.74, 6) is -0.978. The quantitative estimate of drug-likeness (QED) is 0.760. The molecule has 1 aromatic heterocycles. The van der Waals surface area contributed by atoms with Gasteiger partial charge >= 0.3 is 0 Å². The zero-order valence-corrected chi connectivity index (χ0v) is 16.2. The highest BCUT2D eigenvalue weighted by Crippen LogP contribution is 2.29. The first-order chi connectivity index (χ1) is 12.0. The van der Waals surface area contributed by atoms with Gasteiger partial charge in [-0.05, 0) is 24.6 Å². The molecule has 0 spiro atoms. The van der Waals surface area contributed by atoms with Crippen molar-refractivity contribution in [3.63, 3.8) is 0 Å². The fraction of sp³-hybridized carbons (Fsp3) is 0.389. The Morgan fingerprint density at radius 2 is 1.88 bits per heavy atom. The standard InChI is InChI=1S/C13H10ClFN4O.C3H8.C2H6/c1-7-8(5-16)10(4-3-9(7)14)19-12-11(15)13(20-2)18-6-17-12;1-3-2;1-2/h3-4,6H,1-2H3,(H,17,18,19);3H2,1-2H3;1-2H3. The average molecular weight is 367 g/mol. The van der Waals surface area contributed by atoms with Gasteiger partial charge in [-0.25, -0.2) is 4.98 Å². The largest absolute Gasteiger partial charge is 0.479 e. The summed E-state index contributed by atoms with van der Waals surface area (Å²) in [6.45, 7) is 9.96. The summed E-state index contributed by atoms with van der Waals surface area (Å²) in [4.78, 5) is 7.43. The molecule has 1 N–H and O–H groups in total. The third-order valence-electron chi connectivity index (χ3n) is 2.71. The Balaban J connectivity index is 0.00000104. The summed E-state index contributed by atoms with van der Waals surface area (Å²) in [7, 11) is 1.31. The number of halogens is 2. The first-order valence-electron chi connectivity index (χ1n) is 8.00. The summed E-state index contributed by atoms with van der Waals surface area (Å²) >= 11 is 5.95. The molecule has 0 aliphatic heterocycles. The molecular weight excluding hydrogens is 343 g/mol. The van der Waals surface area contributed by atoms with Crippen LogP contribution < -0.4 is 10.1 Å². The molecule has 0 bridgehead atoms. The topological polar surface area (TPSA) is 70.8 Å². The van der Waals surface area contributed by atoms with Crippen molar-refractivity contribution in [1.29, 1.82) is 5.26 Å². The lowest BCUT2D eigenvalue weighted by Crippen LogP contribution is -2.03. The third-order valence-corrected chi connectivity index (χ3v) is 3.12. The van der Waals surface area contributed by atoms with E-state index in [1.807, 2.05) is 19.9 Å². The Morgan fingerprint density at radius 1 is 1.28 bits per heavy atom. The van der Waals surface area contributed by atoms with Crippen molar-refractivity contribution in [3.05, 3.63) is 40.4 Å². The fourth-order valence-corrected chi connectivity index (χ4v) is 1.80. The minimum absolute atomic E-state index is 0.0740. The van der Waals surface area contributed by atoms with E-state index < -0.39 is 5.82 Å². The van der Waals surface area contributed by atoms with Crippen LogP contribution in [0, 0.1) is 24.1 Å². The van der Waals surface area contributed by atoms with Gasteiger partial charge in [0.1, 0.15) is 12.4 Å². The minimum Gasteiger partial charge on any atom is -0.479 e. The number of hydrogen-bond acceptors (Lipinski definition) is 5. The number of hydrogen-bond donors (Lipinski definition) is 1. The van der Waals surface area contributed by atoms with Crippen LogP contribution in [0.3, 0.4) is 0 Å². The Morgan fingerprint density at radius 3 is 2.40 bits per heavy atom. The molecule has 0 unspecified atom stereocenters. The van der Waals surface area contributed by atoms with Gasteiger partial charge in [-0.1, -0.05) is 45.7 Å². The molecule has 136 valence electrons. The van der Waals surface area contributed by atoms with Crippen LogP contribution in [-0.4, -0.2) is 17.1 Å². The number of methoxy groups -OCH3 is 1. The summed E-state index contributed by atoms with van der Waals surface area (Å²) < 4.78 is 18.7. The molecular formula is C18H24ClFN4O. The number of nitrogens with one attached hydrogen (secondary N) is 1. The molecule has 5 nitrogen and oxygen atoms in total. The maximum Gasteiger partial charge on any atom is 0.255 e. The van der Waals surface area contributed by atoms with Crippen molar-refractivity contribution in [2.45, 2.75) is 41.0 Å². The lowest BCUT2D eigenvalue weighted by atomic mass is 10.1. The molecule has 1 aromatic carbocycles. The fourth-order valence-electron chi connectivity index (χ4n) is 1.65. The monoisotopic (exact) mass is 366 g/mol. The molecule has 25 heavy (non-hydrogen) atoms. The minimum atomic E-state index is -0.730. The molecule has 0 saturated heterocycles. The second kappa shape index (κ2) is 12.0. The number of rotatable bonds is 3. The van der Waals surface area contributed by atoms with Crippen LogP contribution in [0.2, 0.25) is 5.02 Å². The molecule has 0 radical (unpaired) electrons. The van der Waals surface area contributed by atoms with E-state index in [1.54, 1.807) is 19.1 Å². The average Bonchev–Trinajstić information content (AvgIpc) is 2.62. The van der Waals surface area contributed by atoms with E-state index in [0.717, 1.165) is 0 Å². The highest BCUT2D eigenvalue weighted by atomic mass is 35.5. The summed E-state index contributed by atoms with van der Waals surface area (Å²) in [6, 6.07) is 5.24. The predicted molar refractivity (Wildman–Crippen MR) is 100 cm³/mol. The third kappa shape index (κ3) is 6.20. The van der Waals surface area contributed by atoms with Gasteiger partial charge < -0.3 is 10.1 Å². The Labute approximate surface area is 153 Å². The second-order valence-electron chi connectivity index (χ2n) is 4.58. The van der Waals surface area contributed by atoms with Crippen molar-refractivity contribution >= 4 is 23.1 Å². The van der Waals surface area contributed by atoms with Crippen molar-refractivity contribution < 1.29 is 9.13 Å². The van der Waals surface area contributed by atoms with E-state index in [4.69, 9.17) is 16.3 Å². The zero-order valence-electron chi connectivity index (χ0n) is 15.4. The molecule has 1 heterocycles. The van der Waals surface area contributed by atoms with E-state index in [0.29, 0.717) is 21.8 Å². The van der Waals surface area contributed by atoms with Crippen LogP contribution >= 0.6 is 11.6 Å². The van der Waals surface area contributed by atoms with Gasteiger partial charge in [0, 0.05) is 5.02 Å². The Hall–Kier alpha value is -2.39. The smallest absolute Gasteiger partial charge is 0.255 e. The molecule has 0 saturated carbocycles. The molecule has 2 aromatic rings. The number of ether oxygens (including phenoxy) is 1. The number of anilines is 2. The highest BCUT2D eigenvalue weighted by Gasteiger charge is 2.15. The molecule has 7 heteroatoms. The molecule has 0 aliphatic rings. The molecule has 0 atom stereocenters. The van der Waals surface area contributed by atoms with Crippen LogP contribution in [0.25, 0.3) is 0 Å². The summed E-state index contributed by atoms with van der Waals surface area (Å²) in [6.07, 6.45) is 2.42. The van der Waals surface area contributed by atoms with E-state index in [1.165, 1.54) is 19.9 Å². The van der Waals surface area contributed by atoms with Crippen LogP contribution in [0.5, 0.6) is 5.88 Å². The molecule has 2 rings (SSSR count). The van der Waals surface area contributed by atoms with E-state index in [9.17, 15) is 9.65 Å². The van der Waals surface area contributed by atoms with Crippen molar-refractivity contribution in [1.82, 2.24) is 9.97 Å². The first kappa shape index (κ1) is 22.6. The highest BCUT2D eigenvalue weighted by molar-refractivity contribution is 6.31. The van der Waals surface area contributed by atoms with Crippen LogP contribution in [-0.2, 0) is 0 Å². The van der Waals surface area contributed by atoms with Gasteiger partial charge in [0.15, 0.2) is 5.82 Å². The van der Waals surface area contributed by atoms with E-state index >= 15 is 0 Å². The van der Waals surface area contributed by atoms with E-state index in [-0.39, 0.29) is 11.7 Å². The van der Waals surface area contributed by atoms with Gasteiger partial charge in [-0.3, -0.25) is 0 Å². The van der Waals surface area contributed by atoms with E-state index in [2.05, 4.69) is 29.1 Å². The number of benzene rings is 1. The number of nitrogens with zero attached hydrogens (tertiary/aromatic N) is 3. The summed E-state index contributed by atoms with van der Waals surface area (Å²) in [5, 5.41) is 12.4. The maximum atomic E-state index is 14.0. The number of nitriles is 1. The SMILES string of the molecule is CC.CCC.COc1ncnc(Nc2ccc(Cl)c(C)c2C#N)c1F. The molecule has 0 fully saturated rings. The van der Waals surface area contributed by atoms with Crippen LogP contribution in [0.1, 0.15) is 45.2 Å². The Bertz CT molecular complexity index is 717. The first-order valence-corrected chi connectivity index (χ1v) is 8.38. The zero-order chi connectivity index (χ0) is 19.4. The predicted octanol–water partition coefficient (Wildman–Crippen LogP) is 5.64. The maximum absolute atomic E-state index is 14.0. The molecule has 0 aliphatic carbocycles. The van der Waals surface area contributed by atoms with Gasteiger partial charge in [-0.15, -0.1) is 0 Å². The lowest BCUT2D eigenvalue weighted by molar-refractivity contribution is 0.368.